The Morgan fingerprint density at radius 1 is 1.59 bits per heavy atom. The minimum atomic E-state index is -4.44. The van der Waals surface area contributed by atoms with Gasteiger partial charge in [-0.25, -0.2) is 0 Å². The van der Waals surface area contributed by atoms with Crippen LogP contribution in [0.25, 0.3) is 0 Å². The van der Waals surface area contributed by atoms with Crippen molar-refractivity contribution in [1.29, 1.82) is 5.26 Å². The van der Waals surface area contributed by atoms with Crippen molar-refractivity contribution in [2.75, 3.05) is 0 Å². The summed E-state index contributed by atoms with van der Waals surface area (Å²) in [5, 5.41) is 8.92. The van der Waals surface area contributed by atoms with Crippen molar-refractivity contribution < 1.29 is 17.9 Å². The quantitative estimate of drug-likeness (QED) is 0.779. The molecule has 0 aromatic heterocycles. The summed E-state index contributed by atoms with van der Waals surface area (Å²) in [6.07, 6.45) is -1.75. The van der Waals surface area contributed by atoms with E-state index in [1.165, 1.54) is 19.1 Å². The smallest absolute Gasteiger partial charge is 0.357 e. The lowest BCUT2D eigenvalue weighted by Gasteiger charge is -2.35. The molecule has 94 valence electrons. The zero-order valence-corrected chi connectivity index (χ0v) is 10.8. The monoisotopic (exact) mass is 309 g/mol. The molecule has 0 aliphatic heterocycles. The molecule has 0 aromatic carbocycles. The number of hydrogen-bond acceptors (Lipinski definition) is 2. The molecule has 0 amide bonds. The topological polar surface area (TPSA) is 33.0 Å². The van der Waals surface area contributed by atoms with E-state index in [4.69, 9.17) is 10.00 Å². The Balaban J connectivity index is 2.94. The zero-order chi connectivity index (χ0) is 13.3. The first kappa shape index (κ1) is 14.3. The molecule has 0 aromatic rings. The third-order valence-corrected chi connectivity index (χ3v) is 3.01. The lowest BCUT2D eigenvalue weighted by atomic mass is 9.86. The van der Waals surface area contributed by atoms with Gasteiger partial charge in [0.2, 0.25) is 0 Å². The van der Waals surface area contributed by atoms with E-state index >= 15 is 0 Å². The molecule has 6 heteroatoms. The first-order valence-corrected chi connectivity index (χ1v) is 5.69. The second-order valence-electron chi connectivity index (χ2n) is 3.98. The van der Waals surface area contributed by atoms with Crippen LogP contribution in [0, 0.1) is 17.2 Å². The van der Waals surface area contributed by atoms with Crippen molar-refractivity contribution in [2.45, 2.75) is 31.7 Å². The third kappa shape index (κ3) is 3.33. The van der Waals surface area contributed by atoms with Gasteiger partial charge in [0.15, 0.2) is 6.10 Å². The molecule has 0 saturated heterocycles. The van der Waals surface area contributed by atoms with Gasteiger partial charge in [-0.3, -0.25) is 0 Å². The Morgan fingerprint density at radius 2 is 2.18 bits per heavy atom. The minimum absolute atomic E-state index is 0.598. The fourth-order valence-electron chi connectivity index (χ4n) is 1.52. The molecule has 0 saturated carbocycles. The first-order valence-electron chi connectivity index (χ1n) is 4.90. The summed E-state index contributed by atoms with van der Waals surface area (Å²) in [5.74, 6) is -0.742. The maximum Gasteiger partial charge on any atom is 0.414 e. The molecule has 2 nitrogen and oxygen atoms in total. The Kier molecular flexibility index (Phi) is 4.05. The van der Waals surface area contributed by atoms with Crippen molar-refractivity contribution in [2.24, 2.45) is 5.92 Å². The molecular formula is C11H11BrF3NO. The van der Waals surface area contributed by atoms with Crippen molar-refractivity contribution >= 4 is 15.9 Å². The average molecular weight is 310 g/mol. The van der Waals surface area contributed by atoms with Crippen molar-refractivity contribution in [3.8, 4) is 6.07 Å². The zero-order valence-electron chi connectivity index (χ0n) is 9.25. The van der Waals surface area contributed by atoms with E-state index in [0.717, 1.165) is 6.92 Å². The maximum absolute atomic E-state index is 12.4. The highest BCUT2D eigenvalue weighted by Gasteiger charge is 2.44. The van der Waals surface area contributed by atoms with E-state index in [2.05, 4.69) is 15.9 Å². The predicted octanol–water partition coefficient (Wildman–Crippen LogP) is 3.70. The Hall–Kier alpha value is -0.800. The van der Waals surface area contributed by atoms with Crippen LogP contribution in [0.5, 0.6) is 0 Å². The highest BCUT2D eigenvalue weighted by atomic mass is 79.9. The van der Waals surface area contributed by atoms with E-state index in [1.807, 2.05) is 6.07 Å². The standard InChI is InChI=1S/C11H11BrF3NO/c1-7(11(13,14)15)17-10(2)5-9(12)4-3-8(10)6-16/h3-5,7-8H,1-2H3/t7-,8?,10?/m0/s1. The van der Waals surface area contributed by atoms with Crippen LogP contribution in [0.3, 0.4) is 0 Å². The van der Waals surface area contributed by atoms with Crippen molar-refractivity contribution in [3.05, 3.63) is 22.7 Å². The minimum Gasteiger partial charge on any atom is -0.357 e. The van der Waals surface area contributed by atoms with Gasteiger partial charge >= 0.3 is 6.18 Å². The van der Waals surface area contributed by atoms with Crippen molar-refractivity contribution in [1.82, 2.24) is 0 Å². The number of allylic oxidation sites excluding steroid dienone is 2. The normalized spacial score (nSPS) is 30.6. The molecule has 0 fully saturated rings. The summed E-state index contributed by atoms with van der Waals surface area (Å²) < 4.78 is 42.9. The summed E-state index contributed by atoms with van der Waals surface area (Å²) in [6.45, 7) is 2.40. The van der Waals surface area contributed by atoms with Gasteiger partial charge in [0.25, 0.3) is 0 Å². The van der Waals surface area contributed by atoms with Crippen LogP contribution >= 0.6 is 15.9 Å². The molecule has 0 N–H and O–H groups in total. The lowest BCUT2D eigenvalue weighted by Crippen LogP contribution is -2.43. The molecule has 2 unspecified atom stereocenters. The number of alkyl halides is 3. The van der Waals surface area contributed by atoms with Crippen LogP contribution < -0.4 is 0 Å². The van der Waals surface area contributed by atoms with E-state index in [9.17, 15) is 13.2 Å². The van der Waals surface area contributed by atoms with Crippen LogP contribution in [-0.4, -0.2) is 17.9 Å². The van der Waals surface area contributed by atoms with Crippen LogP contribution in [0.4, 0.5) is 13.2 Å². The summed E-state index contributed by atoms with van der Waals surface area (Å²) in [6, 6.07) is 1.93. The summed E-state index contributed by atoms with van der Waals surface area (Å²) in [7, 11) is 0. The van der Waals surface area contributed by atoms with E-state index in [0.29, 0.717) is 4.48 Å². The largest absolute Gasteiger partial charge is 0.414 e. The third-order valence-electron chi connectivity index (χ3n) is 2.52. The first-order chi connectivity index (χ1) is 7.69. The molecule has 1 aliphatic carbocycles. The second kappa shape index (κ2) is 4.83. The van der Waals surface area contributed by atoms with Gasteiger partial charge in [0, 0.05) is 4.48 Å². The maximum atomic E-state index is 12.4. The Labute approximate surface area is 106 Å². The Morgan fingerprint density at radius 3 is 2.65 bits per heavy atom. The van der Waals surface area contributed by atoms with Gasteiger partial charge in [0.05, 0.1) is 12.0 Å². The van der Waals surface area contributed by atoms with Crippen molar-refractivity contribution in [3.63, 3.8) is 0 Å². The Bertz CT molecular complexity index is 397. The molecule has 17 heavy (non-hydrogen) atoms. The van der Waals surface area contributed by atoms with E-state index < -0.39 is 23.8 Å². The molecule has 0 radical (unpaired) electrons. The van der Waals surface area contributed by atoms with Crippen LogP contribution in [0.15, 0.2) is 22.7 Å². The van der Waals surface area contributed by atoms with Crippen LogP contribution in [0.2, 0.25) is 0 Å². The second-order valence-corrected chi connectivity index (χ2v) is 4.90. The number of nitrogens with zero attached hydrogens (tertiary/aromatic N) is 1. The SMILES string of the molecule is C[C@H](OC1(C)C=C(Br)C=CC1C#N)C(F)(F)F. The van der Waals surface area contributed by atoms with Gasteiger partial charge in [-0.05, 0) is 19.9 Å². The summed E-state index contributed by atoms with van der Waals surface area (Å²) >= 11 is 3.16. The molecular weight excluding hydrogens is 299 g/mol. The predicted molar refractivity (Wildman–Crippen MR) is 60.3 cm³/mol. The fraction of sp³-hybridized carbons (Fsp3) is 0.545. The molecule has 3 atom stereocenters. The summed E-state index contributed by atoms with van der Waals surface area (Å²) in [4.78, 5) is 0. The summed E-state index contributed by atoms with van der Waals surface area (Å²) in [5.41, 5.74) is -1.28. The molecule has 0 heterocycles. The number of halogens is 4. The van der Waals surface area contributed by atoms with Crippen LogP contribution in [0.1, 0.15) is 13.8 Å². The number of nitriles is 1. The van der Waals surface area contributed by atoms with Crippen LogP contribution in [-0.2, 0) is 4.74 Å². The molecule has 0 spiro atoms. The van der Waals surface area contributed by atoms with Gasteiger partial charge < -0.3 is 4.74 Å². The molecule has 1 aliphatic rings. The highest BCUT2D eigenvalue weighted by molar-refractivity contribution is 9.11. The molecule has 1 rings (SSSR count). The van der Waals surface area contributed by atoms with Gasteiger partial charge in [-0.2, -0.15) is 18.4 Å². The number of hydrogen-bond donors (Lipinski definition) is 0. The van der Waals surface area contributed by atoms with Gasteiger partial charge in [-0.1, -0.05) is 28.1 Å². The van der Waals surface area contributed by atoms with E-state index in [-0.39, 0.29) is 0 Å². The highest BCUT2D eigenvalue weighted by Crippen LogP contribution is 2.36. The number of ether oxygens (including phenoxy) is 1. The van der Waals surface area contributed by atoms with E-state index in [1.54, 1.807) is 6.08 Å². The lowest BCUT2D eigenvalue weighted by molar-refractivity contribution is -0.239. The molecule has 0 bridgehead atoms. The average Bonchev–Trinajstić information content (AvgIpc) is 2.15. The fourth-order valence-corrected chi connectivity index (χ4v) is 2.12. The van der Waals surface area contributed by atoms with Gasteiger partial charge in [0.1, 0.15) is 5.60 Å². The van der Waals surface area contributed by atoms with Gasteiger partial charge in [-0.15, -0.1) is 0 Å². The number of rotatable bonds is 2.